The van der Waals surface area contributed by atoms with E-state index in [-0.39, 0.29) is 28.6 Å². The number of carbonyl (C=O) groups is 1. The van der Waals surface area contributed by atoms with Gasteiger partial charge in [0.15, 0.2) is 11.5 Å². The summed E-state index contributed by atoms with van der Waals surface area (Å²) in [6.07, 6.45) is -2.27. The molecular formula is C24H21F3N6O5. The van der Waals surface area contributed by atoms with E-state index in [4.69, 9.17) is 9.57 Å². The van der Waals surface area contributed by atoms with Crippen molar-refractivity contribution in [2.45, 2.75) is 20.0 Å². The molecule has 0 bridgehead atoms. The molecule has 4 aromatic rings. The van der Waals surface area contributed by atoms with Crippen molar-refractivity contribution in [3.05, 3.63) is 75.6 Å². The lowest BCUT2D eigenvalue weighted by Gasteiger charge is -2.15. The molecule has 0 aliphatic rings. The van der Waals surface area contributed by atoms with Crippen molar-refractivity contribution >= 4 is 17.6 Å². The number of benzene rings is 1. The van der Waals surface area contributed by atoms with Crippen LogP contribution >= 0.6 is 0 Å². The minimum absolute atomic E-state index is 0.0124. The number of rotatable bonds is 7. The van der Waals surface area contributed by atoms with Crippen LogP contribution in [0.15, 0.2) is 47.5 Å². The SMILES string of the molecule is COc1cc(C)cc(Nc2ncc(-c3cc(C(=O)O)c(=O)n(OC)c3)c(-n3nc(C(F)(F)F)cc3C)n2)c1. The number of anilines is 2. The first-order valence-electron chi connectivity index (χ1n) is 10.9. The first-order chi connectivity index (χ1) is 17.9. The summed E-state index contributed by atoms with van der Waals surface area (Å²) in [6, 6.07) is 7.18. The minimum atomic E-state index is -4.72. The van der Waals surface area contributed by atoms with Crippen LogP contribution in [0.1, 0.15) is 27.3 Å². The number of aryl methyl sites for hydroxylation is 2. The van der Waals surface area contributed by atoms with Gasteiger partial charge in [-0.2, -0.15) is 28.0 Å². The molecule has 0 fully saturated rings. The Morgan fingerprint density at radius 3 is 2.45 bits per heavy atom. The van der Waals surface area contributed by atoms with Crippen LogP contribution in [-0.4, -0.2) is 49.8 Å². The van der Waals surface area contributed by atoms with Crippen LogP contribution < -0.4 is 20.5 Å². The maximum atomic E-state index is 13.4. The van der Waals surface area contributed by atoms with Crippen LogP contribution in [0.25, 0.3) is 16.9 Å². The third-order valence-electron chi connectivity index (χ3n) is 5.41. The van der Waals surface area contributed by atoms with Gasteiger partial charge in [0.2, 0.25) is 5.95 Å². The van der Waals surface area contributed by atoms with E-state index in [1.54, 1.807) is 18.2 Å². The van der Waals surface area contributed by atoms with Crippen LogP contribution in [0.3, 0.4) is 0 Å². The summed E-state index contributed by atoms with van der Waals surface area (Å²) in [4.78, 5) is 37.6. The summed E-state index contributed by atoms with van der Waals surface area (Å²) in [7, 11) is 2.66. The number of carboxylic acids is 1. The van der Waals surface area contributed by atoms with Crippen LogP contribution in [0.4, 0.5) is 24.8 Å². The average Bonchev–Trinajstić information content (AvgIpc) is 3.25. The van der Waals surface area contributed by atoms with E-state index in [1.165, 1.54) is 26.4 Å². The molecule has 38 heavy (non-hydrogen) atoms. The summed E-state index contributed by atoms with van der Waals surface area (Å²) in [6.45, 7) is 3.25. The van der Waals surface area contributed by atoms with Gasteiger partial charge in [-0.1, -0.05) is 0 Å². The summed E-state index contributed by atoms with van der Waals surface area (Å²) in [5, 5.41) is 16.2. The number of hydrogen-bond acceptors (Lipinski definition) is 8. The summed E-state index contributed by atoms with van der Waals surface area (Å²) in [5.74, 6) is -1.05. The topological polar surface area (TPSA) is 133 Å². The molecule has 0 unspecified atom stereocenters. The molecule has 3 heterocycles. The molecule has 198 valence electrons. The van der Waals surface area contributed by atoms with E-state index < -0.39 is 29.0 Å². The number of nitrogens with zero attached hydrogens (tertiary/aromatic N) is 5. The fourth-order valence-corrected chi connectivity index (χ4v) is 3.69. The number of pyridine rings is 1. The van der Waals surface area contributed by atoms with Crippen LogP contribution in [0.5, 0.6) is 5.75 Å². The van der Waals surface area contributed by atoms with Gasteiger partial charge in [0.05, 0.1) is 13.3 Å². The molecule has 11 nitrogen and oxygen atoms in total. The quantitative estimate of drug-likeness (QED) is 0.367. The normalized spacial score (nSPS) is 11.3. The smallest absolute Gasteiger partial charge is 0.435 e. The Labute approximate surface area is 213 Å². The number of halogens is 3. The fourth-order valence-electron chi connectivity index (χ4n) is 3.69. The zero-order valence-electron chi connectivity index (χ0n) is 20.5. The van der Waals surface area contributed by atoms with E-state index in [2.05, 4.69) is 20.4 Å². The average molecular weight is 530 g/mol. The molecule has 0 radical (unpaired) electrons. The summed E-state index contributed by atoms with van der Waals surface area (Å²) in [5.41, 5.74) is -1.02. The predicted molar refractivity (Wildman–Crippen MR) is 129 cm³/mol. The Bertz CT molecular complexity index is 1600. The van der Waals surface area contributed by atoms with E-state index in [0.717, 1.165) is 29.5 Å². The van der Waals surface area contributed by atoms with Crippen molar-refractivity contribution in [2.75, 3.05) is 19.5 Å². The van der Waals surface area contributed by atoms with Crippen LogP contribution in [0.2, 0.25) is 0 Å². The number of alkyl halides is 3. The molecule has 2 N–H and O–H groups in total. The summed E-state index contributed by atoms with van der Waals surface area (Å²) >= 11 is 0. The zero-order chi connectivity index (χ0) is 27.8. The van der Waals surface area contributed by atoms with E-state index in [1.807, 2.05) is 6.92 Å². The number of aromatic nitrogens is 5. The lowest BCUT2D eigenvalue weighted by atomic mass is 10.1. The number of carboxylic acid groups (broad SMARTS) is 1. The monoisotopic (exact) mass is 530 g/mol. The van der Waals surface area contributed by atoms with Crippen molar-refractivity contribution in [2.24, 2.45) is 0 Å². The summed E-state index contributed by atoms with van der Waals surface area (Å²) < 4.78 is 47.2. The van der Waals surface area contributed by atoms with Gasteiger partial charge in [0.25, 0.3) is 5.56 Å². The van der Waals surface area contributed by atoms with Gasteiger partial charge in [-0.25, -0.2) is 14.5 Å². The standard InChI is InChI=1S/C24H21F3N6O5/c1-12-5-15(9-16(6-12)37-3)29-23-28-10-18(14-8-17(22(35)36)21(34)32(11-14)38-4)20(30-23)33-13(2)7-19(31-33)24(25,26)27/h5-11H,1-4H3,(H,35,36)(H,28,29,30). The molecule has 4 rings (SSSR count). The molecule has 14 heteroatoms. The van der Waals surface area contributed by atoms with Crippen LogP contribution in [0, 0.1) is 13.8 Å². The molecule has 3 aromatic heterocycles. The van der Waals surface area contributed by atoms with Gasteiger partial charge in [-0.15, -0.1) is 0 Å². The molecule has 0 aliphatic carbocycles. The lowest BCUT2D eigenvalue weighted by molar-refractivity contribution is -0.141. The number of nitrogens with one attached hydrogen (secondary N) is 1. The molecule has 1 aromatic carbocycles. The molecule has 0 saturated carbocycles. The van der Waals surface area contributed by atoms with Gasteiger partial charge >= 0.3 is 12.1 Å². The number of ether oxygens (including phenoxy) is 1. The third kappa shape index (κ3) is 5.14. The first kappa shape index (κ1) is 26.2. The van der Waals surface area contributed by atoms with E-state index in [9.17, 15) is 27.9 Å². The Balaban J connectivity index is 1.94. The van der Waals surface area contributed by atoms with Gasteiger partial charge in [0, 0.05) is 34.8 Å². The zero-order valence-corrected chi connectivity index (χ0v) is 20.5. The maximum absolute atomic E-state index is 13.4. The Morgan fingerprint density at radius 1 is 1.11 bits per heavy atom. The van der Waals surface area contributed by atoms with E-state index >= 15 is 0 Å². The second-order valence-electron chi connectivity index (χ2n) is 8.14. The second kappa shape index (κ2) is 9.88. The molecule has 0 saturated heterocycles. The lowest BCUT2D eigenvalue weighted by Crippen LogP contribution is -2.29. The molecule has 0 aliphatic heterocycles. The van der Waals surface area contributed by atoms with Crippen LogP contribution in [-0.2, 0) is 6.18 Å². The minimum Gasteiger partial charge on any atom is -0.497 e. The van der Waals surface area contributed by atoms with Crippen molar-refractivity contribution in [3.8, 4) is 22.7 Å². The highest BCUT2D eigenvalue weighted by Gasteiger charge is 2.35. The second-order valence-corrected chi connectivity index (χ2v) is 8.14. The predicted octanol–water partition coefficient (Wildman–Crippen LogP) is 3.64. The van der Waals surface area contributed by atoms with Gasteiger partial charge < -0.3 is 20.0 Å². The molecule has 0 amide bonds. The first-order valence-corrected chi connectivity index (χ1v) is 10.9. The Morgan fingerprint density at radius 2 is 1.84 bits per heavy atom. The number of aromatic carboxylic acids is 1. The van der Waals surface area contributed by atoms with Crippen molar-refractivity contribution in [1.82, 2.24) is 24.5 Å². The Hall–Kier alpha value is -4.88. The highest BCUT2D eigenvalue weighted by atomic mass is 19.4. The number of hydrogen-bond donors (Lipinski definition) is 2. The molecule has 0 spiro atoms. The Kier molecular flexibility index (Phi) is 6.81. The highest BCUT2D eigenvalue weighted by molar-refractivity contribution is 5.89. The van der Waals surface area contributed by atoms with E-state index in [0.29, 0.717) is 16.2 Å². The molecular weight excluding hydrogens is 509 g/mol. The van der Waals surface area contributed by atoms with Crippen molar-refractivity contribution in [3.63, 3.8) is 0 Å². The third-order valence-corrected chi connectivity index (χ3v) is 5.41. The van der Waals surface area contributed by atoms with Gasteiger partial charge in [-0.3, -0.25) is 4.79 Å². The van der Waals surface area contributed by atoms with Gasteiger partial charge in [0.1, 0.15) is 18.4 Å². The highest BCUT2D eigenvalue weighted by Crippen LogP contribution is 2.32. The maximum Gasteiger partial charge on any atom is 0.435 e. The fraction of sp³-hybridized carbons (Fsp3) is 0.208. The molecule has 0 atom stereocenters. The largest absolute Gasteiger partial charge is 0.497 e. The van der Waals surface area contributed by atoms with Gasteiger partial charge in [-0.05, 0) is 43.7 Å². The van der Waals surface area contributed by atoms with Crippen molar-refractivity contribution in [1.29, 1.82) is 0 Å². The van der Waals surface area contributed by atoms with Crippen molar-refractivity contribution < 1.29 is 32.6 Å². The number of methoxy groups -OCH3 is 1.